The van der Waals surface area contributed by atoms with E-state index < -0.39 is 0 Å². The van der Waals surface area contributed by atoms with Crippen LogP contribution in [-0.4, -0.2) is 43.9 Å². The van der Waals surface area contributed by atoms with Crippen LogP contribution in [0.3, 0.4) is 0 Å². The van der Waals surface area contributed by atoms with Crippen LogP contribution < -0.4 is 5.32 Å². The summed E-state index contributed by atoms with van der Waals surface area (Å²) in [7, 11) is 0. The van der Waals surface area contributed by atoms with Crippen LogP contribution in [0, 0.1) is 6.92 Å². The molecule has 1 fully saturated rings. The summed E-state index contributed by atoms with van der Waals surface area (Å²) in [6.07, 6.45) is 5.39. The van der Waals surface area contributed by atoms with Gasteiger partial charge in [0.05, 0.1) is 23.3 Å². The summed E-state index contributed by atoms with van der Waals surface area (Å²) < 4.78 is 7.09. The van der Waals surface area contributed by atoms with Crippen LogP contribution in [0.1, 0.15) is 51.2 Å². The second-order valence-electron chi connectivity index (χ2n) is 7.24. The maximum absolute atomic E-state index is 12.5. The average Bonchev–Trinajstić information content (AvgIpc) is 3.16. The van der Waals surface area contributed by atoms with E-state index in [9.17, 15) is 4.79 Å². The van der Waals surface area contributed by atoms with Crippen molar-refractivity contribution in [3.8, 4) is 0 Å². The first kappa shape index (κ1) is 16.5. The van der Waals surface area contributed by atoms with E-state index in [1.807, 2.05) is 10.9 Å². The van der Waals surface area contributed by atoms with Crippen molar-refractivity contribution in [3.05, 3.63) is 24.1 Å². The van der Waals surface area contributed by atoms with Crippen LogP contribution in [0.15, 0.2) is 16.9 Å². The van der Waals surface area contributed by atoms with Crippen LogP contribution in [-0.2, 0) is 5.54 Å². The number of piperidine rings is 1. The fourth-order valence-electron chi connectivity index (χ4n) is 2.80. The number of carbonyl (C=O) groups is 1. The lowest BCUT2D eigenvalue weighted by Crippen LogP contribution is -2.41. The first-order valence-corrected chi connectivity index (χ1v) is 8.24. The SMILES string of the molecule is Cc1noc(C2CCCN(C(=O)Nc3cnn(C(C)(C)C)c3)C2)n1. The summed E-state index contributed by atoms with van der Waals surface area (Å²) in [5.74, 6) is 1.34. The van der Waals surface area contributed by atoms with E-state index in [-0.39, 0.29) is 17.5 Å². The van der Waals surface area contributed by atoms with Crippen molar-refractivity contribution in [1.29, 1.82) is 0 Å². The Balaban J connectivity index is 1.63. The Hall–Kier alpha value is -2.38. The van der Waals surface area contributed by atoms with Gasteiger partial charge in [0.15, 0.2) is 5.82 Å². The standard InChI is InChI=1S/C16H24N6O2/c1-11-18-14(24-20-11)12-6-5-7-21(9-12)15(23)19-13-8-17-22(10-13)16(2,3)4/h8,10,12H,5-7,9H2,1-4H3,(H,19,23). The Labute approximate surface area is 141 Å². The van der Waals surface area contributed by atoms with Crippen molar-refractivity contribution in [2.75, 3.05) is 18.4 Å². The fourth-order valence-corrected chi connectivity index (χ4v) is 2.80. The van der Waals surface area contributed by atoms with E-state index in [1.54, 1.807) is 18.0 Å². The molecule has 3 heterocycles. The summed E-state index contributed by atoms with van der Waals surface area (Å²) in [5, 5.41) is 11.1. The van der Waals surface area contributed by atoms with Gasteiger partial charge in [-0.15, -0.1) is 0 Å². The predicted octanol–water partition coefficient (Wildman–Crippen LogP) is 2.74. The Morgan fingerprint density at radius 1 is 1.42 bits per heavy atom. The number of likely N-dealkylation sites (tertiary alicyclic amines) is 1. The average molecular weight is 332 g/mol. The molecule has 1 unspecified atom stereocenters. The molecule has 130 valence electrons. The molecule has 1 saturated heterocycles. The minimum absolute atomic E-state index is 0.1000. The third-order valence-electron chi connectivity index (χ3n) is 4.12. The number of rotatable bonds is 2. The number of anilines is 1. The molecule has 0 aliphatic carbocycles. The Bertz CT molecular complexity index is 714. The molecular weight excluding hydrogens is 308 g/mol. The Morgan fingerprint density at radius 2 is 2.21 bits per heavy atom. The highest BCUT2D eigenvalue weighted by atomic mass is 16.5. The molecule has 1 N–H and O–H groups in total. The van der Waals surface area contributed by atoms with Crippen LogP contribution in [0.2, 0.25) is 0 Å². The number of nitrogens with one attached hydrogen (secondary N) is 1. The molecule has 3 rings (SSSR count). The van der Waals surface area contributed by atoms with Gasteiger partial charge < -0.3 is 14.7 Å². The first-order chi connectivity index (χ1) is 11.3. The predicted molar refractivity (Wildman–Crippen MR) is 88.8 cm³/mol. The second kappa shape index (κ2) is 6.26. The lowest BCUT2D eigenvalue weighted by Gasteiger charge is -2.30. The summed E-state index contributed by atoms with van der Waals surface area (Å²) in [5.41, 5.74) is 0.584. The van der Waals surface area contributed by atoms with E-state index in [0.29, 0.717) is 23.9 Å². The fraction of sp³-hybridized carbons (Fsp3) is 0.625. The van der Waals surface area contributed by atoms with Gasteiger partial charge in [-0.2, -0.15) is 10.1 Å². The quantitative estimate of drug-likeness (QED) is 0.913. The number of carbonyl (C=O) groups excluding carboxylic acids is 1. The Morgan fingerprint density at radius 3 is 2.83 bits per heavy atom. The smallest absolute Gasteiger partial charge is 0.321 e. The highest BCUT2D eigenvalue weighted by Crippen LogP contribution is 2.26. The molecule has 8 heteroatoms. The zero-order valence-electron chi connectivity index (χ0n) is 14.6. The van der Waals surface area contributed by atoms with Crippen LogP contribution in [0.4, 0.5) is 10.5 Å². The normalized spacial score (nSPS) is 18.7. The van der Waals surface area contributed by atoms with Crippen LogP contribution in [0.25, 0.3) is 0 Å². The van der Waals surface area contributed by atoms with Crippen LogP contribution in [0.5, 0.6) is 0 Å². The highest BCUT2D eigenvalue weighted by Gasteiger charge is 2.28. The zero-order chi connectivity index (χ0) is 17.3. The molecule has 1 aliphatic heterocycles. The Kier molecular flexibility index (Phi) is 4.29. The summed E-state index contributed by atoms with van der Waals surface area (Å²) in [4.78, 5) is 18.6. The zero-order valence-corrected chi connectivity index (χ0v) is 14.6. The number of nitrogens with zero attached hydrogens (tertiary/aromatic N) is 5. The molecule has 0 bridgehead atoms. The van der Waals surface area contributed by atoms with Gasteiger partial charge in [-0.3, -0.25) is 4.68 Å². The molecule has 0 spiro atoms. The summed E-state index contributed by atoms with van der Waals surface area (Å²) in [6, 6.07) is -0.121. The molecule has 0 radical (unpaired) electrons. The van der Waals surface area contributed by atoms with Crippen molar-refractivity contribution in [1.82, 2.24) is 24.8 Å². The van der Waals surface area contributed by atoms with Crippen molar-refractivity contribution in [2.24, 2.45) is 0 Å². The van der Waals surface area contributed by atoms with Crippen molar-refractivity contribution in [3.63, 3.8) is 0 Å². The third-order valence-corrected chi connectivity index (χ3v) is 4.12. The maximum atomic E-state index is 12.5. The monoisotopic (exact) mass is 332 g/mol. The molecule has 24 heavy (non-hydrogen) atoms. The molecule has 8 nitrogen and oxygen atoms in total. The molecule has 2 aromatic rings. The topological polar surface area (TPSA) is 89.1 Å². The summed E-state index contributed by atoms with van der Waals surface area (Å²) in [6.45, 7) is 9.30. The minimum atomic E-state index is -0.121. The van der Waals surface area contributed by atoms with Gasteiger partial charge in [0.2, 0.25) is 5.89 Å². The first-order valence-electron chi connectivity index (χ1n) is 8.24. The molecule has 1 atom stereocenters. The van der Waals surface area contributed by atoms with Gasteiger partial charge in [0.1, 0.15) is 0 Å². The number of hydrogen-bond donors (Lipinski definition) is 1. The van der Waals surface area contributed by atoms with E-state index in [2.05, 4.69) is 41.3 Å². The number of aromatic nitrogens is 4. The van der Waals surface area contributed by atoms with E-state index in [4.69, 9.17) is 4.52 Å². The second-order valence-corrected chi connectivity index (χ2v) is 7.24. The third kappa shape index (κ3) is 3.58. The number of amides is 2. The van der Waals surface area contributed by atoms with E-state index in [0.717, 1.165) is 19.4 Å². The lowest BCUT2D eigenvalue weighted by molar-refractivity contribution is 0.184. The molecule has 0 aromatic carbocycles. The van der Waals surface area contributed by atoms with Gasteiger partial charge in [-0.25, -0.2) is 4.79 Å². The highest BCUT2D eigenvalue weighted by molar-refractivity contribution is 5.89. The molecule has 0 saturated carbocycles. The van der Waals surface area contributed by atoms with Gasteiger partial charge >= 0.3 is 6.03 Å². The van der Waals surface area contributed by atoms with E-state index >= 15 is 0 Å². The summed E-state index contributed by atoms with van der Waals surface area (Å²) >= 11 is 0. The van der Waals surface area contributed by atoms with Gasteiger partial charge in [-0.05, 0) is 40.5 Å². The minimum Gasteiger partial charge on any atom is -0.339 e. The number of hydrogen-bond acceptors (Lipinski definition) is 5. The largest absolute Gasteiger partial charge is 0.339 e. The van der Waals surface area contributed by atoms with Crippen LogP contribution >= 0.6 is 0 Å². The van der Waals surface area contributed by atoms with Crippen molar-refractivity contribution < 1.29 is 9.32 Å². The maximum Gasteiger partial charge on any atom is 0.321 e. The molecule has 2 aromatic heterocycles. The number of urea groups is 1. The van der Waals surface area contributed by atoms with Gasteiger partial charge in [0.25, 0.3) is 0 Å². The van der Waals surface area contributed by atoms with Crippen molar-refractivity contribution in [2.45, 2.75) is 52.0 Å². The van der Waals surface area contributed by atoms with Gasteiger partial charge in [-0.1, -0.05) is 5.16 Å². The molecule has 1 aliphatic rings. The van der Waals surface area contributed by atoms with Gasteiger partial charge in [0, 0.05) is 19.3 Å². The molecule has 2 amide bonds. The lowest BCUT2D eigenvalue weighted by atomic mass is 9.98. The molecular formula is C16H24N6O2. The number of aryl methyl sites for hydroxylation is 1. The van der Waals surface area contributed by atoms with E-state index in [1.165, 1.54) is 0 Å². The van der Waals surface area contributed by atoms with Crippen molar-refractivity contribution >= 4 is 11.7 Å².